The first-order chi connectivity index (χ1) is 3.97. The highest BCUT2D eigenvalue weighted by molar-refractivity contribution is 5.00. The molecule has 0 radical (unpaired) electrons. The van der Waals surface area contributed by atoms with Gasteiger partial charge < -0.3 is 4.57 Å². The van der Waals surface area contributed by atoms with Crippen molar-refractivity contribution in [2.75, 3.05) is 0 Å². The van der Waals surface area contributed by atoms with Crippen molar-refractivity contribution in [3.05, 3.63) is 18.2 Å². The number of fused-ring (bicyclic) bond motifs is 1. The Labute approximate surface area is 47.3 Å². The molecule has 0 aromatic carbocycles. The molecule has 3 heteroatoms. The first-order valence-electron chi connectivity index (χ1n) is 2.66. The molecule has 1 N–H and O–H groups in total. The lowest BCUT2D eigenvalue weighted by Gasteiger charge is -1.87. The van der Waals surface area contributed by atoms with E-state index >= 15 is 0 Å². The molecule has 0 saturated heterocycles. The number of hydrogen-bond acceptors (Lipinski definition) is 2. The predicted molar refractivity (Wildman–Crippen MR) is 29.1 cm³/mol. The average Bonchev–Trinajstić information content (AvgIpc) is 2.15. The fraction of sp³-hybridized carbons (Fsp3) is 0.400. The molecule has 1 aliphatic rings. The van der Waals surface area contributed by atoms with Gasteiger partial charge in [0, 0.05) is 12.7 Å². The van der Waals surface area contributed by atoms with Crippen LogP contribution in [0.25, 0.3) is 0 Å². The zero-order chi connectivity index (χ0) is 5.40. The largest absolute Gasteiger partial charge is 0.320 e. The van der Waals surface area contributed by atoms with E-state index in [1.807, 2.05) is 12.5 Å². The Kier molecular flexibility index (Phi) is 0.676. The maximum Gasteiger partial charge on any atom is 0.0959 e. The molecule has 2 heterocycles. The smallest absolute Gasteiger partial charge is 0.0959 e. The molecular weight excluding hydrogens is 102 g/mol. The Morgan fingerprint density at radius 1 is 1.75 bits per heavy atom. The maximum atomic E-state index is 3.97. The van der Waals surface area contributed by atoms with Crippen LogP contribution in [-0.2, 0) is 13.2 Å². The number of aromatic nitrogens is 2. The van der Waals surface area contributed by atoms with Crippen LogP contribution in [0.1, 0.15) is 5.69 Å². The molecular formula is C5H7N3. The van der Waals surface area contributed by atoms with E-state index in [1.165, 1.54) is 5.69 Å². The van der Waals surface area contributed by atoms with Crippen molar-refractivity contribution in [3.63, 3.8) is 0 Å². The SMILES string of the molecule is c1ncn2c1CNC2. The van der Waals surface area contributed by atoms with Gasteiger partial charge in [0.15, 0.2) is 0 Å². The van der Waals surface area contributed by atoms with Crippen molar-refractivity contribution in [2.45, 2.75) is 13.2 Å². The van der Waals surface area contributed by atoms with Crippen molar-refractivity contribution >= 4 is 0 Å². The summed E-state index contributed by atoms with van der Waals surface area (Å²) in [6, 6.07) is 0. The summed E-state index contributed by atoms with van der Waals surface area (Å²) in [5.74, 6) is 0. The third kappa shape index (κ3) is 0.391. The van der Waals surface area contributed by atoms with Crippen LogP contribution in [0.5, 0.6) is 0 Å². The number of rotatable bonds is 0. The van der Waals surface area contributed by atoms with Gasteiger partial charge in [-0.2, -0.15) is 0 Å². The van der Waals surface area contributed by atoms with Gasteiger partial charge in [-0.3, -0.25) is 5.32 Å². The summed E-state index contributed by atoms with van der Waals surface area (Å²) >= 11 is 0. The van der Waals surface area contributed by atoms with Crippen LogP contribution in [0.2, 0.25) is 0 Å². The molecule has 3 nitrogen and oxygen atoms in total. The van der Waals surface area contributed by atoms with Gasteiger partial charge in [0.05, 0.1) is 18.7 Å². The van der Waals surface area contributed by atoms with Crippen LogP contribution in [0, 0.1) is 0 Å². The minimum Gasteiger partial charge on any atom is -0.320 e. The predicted octanol–water partition coefficient (Wildman–Crippen LogP) is -0.0562. The second kappa shape index (κ2) is 1.32. The van der Waals surface area contributed by atoms with E-state index < -0.39 is 0 Å². The van der Waals surface area contributed by atoms with Crippen molar-refractivity contribution in [1.82, 2.24) is 14.9 Å². The van der Waals surface area contributed by atoms with Crippen molar-refractivity contribution in [1.29, 1.82) is 0 Å². The molecule has 1 aromatic rings. The number of nitrogens with one attached hydrogen (secondary N) is 1. The zero-order valence-electron chi connectivity index (χ0n) is 4.46. The topological polar surface area (TPSA) is 29.9 Å². The lowest BCUT2D eigenvalue weighted by atomic mass is 10.5. The Balaban J connectivity index is 2.54. The molecule has 1 aromatic heterocycles. The normalized spacial score (nSPS) is 16.5. The Bertz CT molecular complexity index is 173. The molecule has 0 fully saturated rings. The fourth-order valence-corrected chi connectivity index (χ4v) is 0.942. The van der Waals surface area contributed by atoms with E-state index in [0.29, 0.717) is 0 Å². The van der Waals surface area contributed by atoms with Crippen LogP contribution in [-0.4, -0.2) is 9.55 Å². The second-order valence-corrected chi connectivity index (χ2v) is 1.94. The van der Waals surface area contributed by atoms with Crippen molar-refractivity contribution in [2.24, 2.45) is 0 Å². The highest BCUT2D eigenvalue weighted by Crippen LogP contribution is 2.02. The molecule has 0 amide bonds. The summed E-state index contributed by atoms with van der Waals surface area (Å²) in [5.41, 5.74) is 1.28. The monoisotopic (exact) mass is 109 g/mol. The van der Waals surface area contributed by atoms with Crippen molar-refractivity contribution in [3.8, 4) is 0 Å². The molecule has 2 rings (SSSR count). The fourth-order valence-electron chi connectivity index (χ4n) is 0.942. The van der Waals surface area contributed by atoms with E-state index in [4.69, 9.17) is 0 Å². The van der Waals surface area contributed by atoms with Crippen LogP contribution in [0.15, 0.2) is 12.5 Å². The molecule has 42 valence electrons. The van der Waals surface area contributed by atoms with E-state index in [9.17, 15) is 0 Å². The third-order valence-corrected chi connectivity index (χ3v) is 1.39. The molecule has 0 spiro atoms. The van der Waals surface area contributed by atoms with Gasteiger partial charge in [-0.1, -0.05) is 0 Å². The lowest BCUT2D eigenvalue weighted by Crippen LogP contribution is -2.03. The van der Waals surface area contributed by atoms with Gasteiger partial charge in [0.1, 0.15) is 0 Å². The second-order valence-electron chi connectivity index (χ2n) is 1.94. The Morgan fingerprint density at radius 3 is 3.62 bits per heavy atom. The van der Waals surface area contributed by atoms with Gasteiger partial charge in [-0.05, 0) is 0 Å². The maximum absolute atomic E-state index is 3.97. The zero-order valence-corrected chi connectivity index (χ0v) is 4.46. The first-order valence-corrected chi connectivity index (χ1v) is 2.66. The highest BCUT2D eigenvalue weighted by Gasteiger charge is 2.05. The summed E-state index contributed by atoms with van der Waals surface area (Å²) in [7, 11) is 0. The first kappa shape index (κ1) is 4.09. The van der Waals surface area contributed by atoms with Crippen LogP contribution >= 0.6 is 0 Å². The molecule has 8 heavy (non-hydrogen) atoms. The Morgan fingerprint density at radius 2 is 2.75 bits per heavy atom. The summed E-state index contributed by atoms with van der Waals surface area (Å²) in [4.78, 5) is 3.97. The summed E-state index contributed by atoms with van der Waals surface area (Å²) in [6.45, 7) is 1.90. The quantitative estimate of drug-likeness (QED) is 0.506. The number of imidazole rings is 1. The van der Waals surface area contributed by atoms with Gasteiger partial charge in [-0.25, -0.2) is 4.98 Å². The number of nitrogens with zero attached hydrogens (tertiary/aromatic N) is 2. The van der Waals surface area contributed by atoms with E-state index in [0.717, 1.165) is 13.2 Å². The lowest BCUT2D eigenvalue weighted by molar-refractivity contribution is 0.655. The van der Waals surface area contributed by atoms with Gasteiger partial charge in [0.25, 0.3) is 0 Å². The standard InChI is InChI=1S/C5H7N3/c1-5-2-7-4-8(5)3-6-1/h1,3,7H,2,4H2. The van der Waals surface area contributed by atoms with Crippen LogP contribution in [0.3, 0.4) is 0 Å². The minimum absolute atomic E-state index is 0.926. The van der Waals surface area contributed by atoms with Gasteiger partial charge in [0.2, 0.25) is 0 Å². The molecule has 0 atom stereocenters. The van der Waals surface area contributed by atoms with Gasteiger partial charge in [-0.15, -0.1) is 0 Å². The average molecular weight is 109 g/mol. The highest BCUT2D eigenvalue weighted by atomic mass is 15.2. The molecule has 0 aliphatic carbocycles. The third-order valence-electron chi connectivity index (χ3n) is 1.39. The molecule has 0 saturated carbocycles. The van der Waals surface area contributed by atoms with Crippen molar-refractivity contribution < 1.29 is 0 Å². The summed E-state index contributed by atoms with van der Waals surface area (Å²) < 4.78 is 2.10. The molecule has 1 aliphatic heterocycles. The minimum atomic E-state index is 0.926. The van der Waals surface area contributed by atoms with E-state index in [-0.39, 0.29) is 0 Å². The number of hydrogen-bond donors (Lipinski definition) is 1. The molecule has 0 unspecified atom stereocenters. The Hall–Kier alpha value is -0.830. The summed E-state index contributed by atoms with van der Waals surface area (Å²) in [5, 5.41) is 3.19. The summed E-state index contributed by atoms with van der Waals surface area (Å²) in [6.07, 6.45) is 3.73. The van der Waals surface area contributed by atoms with E-state index in [2.05, 4.69) is 14.9 Å². The van der Waals surface area contributed by atoms with Gasteiger partial charge >= 0.3 is 0 Å². The van der Waals surface area contributed by atoms with Crippen LogP contribution < -0.4 is 5.32 Å². The molecule has 0 bridgehead atoms. The van der Waals surface area contributed by atoms with E-state index in [1.54, 1.807) is 0 Å². The van der Waals surface area contributed by atoms with Crippen LogP contribution in [0.4, 0.5) is 0 Å².